The highest BCUT2D eigenvalue weighted by atomic mass is 19.4. The van der Waals surface area contributed by atoms with Crippen molar-refractivity contribution in [1.82, 2.24) is 0 Å². The summed E-state index contributed by atoms with van der Waals surface area (Å²) in [6, 6.07) is 0. The quantitative estimate of drug-likeness (QED) is 0.572. The van der Waals surface area contributed by atoms with Gasteiger partial charge in [-0.05, 0) is 32.6 Å². The number of hydrogen-bond acceptors (Lipinski definition) is 3. The molecule has 19 heavy (non-hydrogen) atoms. The van der Waals surface area contributed by atoms with Crippen LogP contribution in [-0.2, 0) is 14.3 Å². The molecule has 0 aromatic rings. The number of halogens is 3. The second-order valence-corrected chi connectivity index (χ2v) is 4.90. The maximum absolute atomic E-state index is 12.2. The van der Waals surface area contributed by atoms with Crippen LogP contribution < -0.4 is 0 Å². The Morgan fingerprint density at radius 3 is 2.58 bits per heavy atom. The Hall–Kier alpha value is -1.07. The number of rotatable bonds is 5. The van der Waals surface area contributed by atoms with Crippen LogP contribution in [0, 0.1) is 5.41 Å². The lowest BCUT2D eigenvalue weighted by Gasteiger charge is -2.33. The lowest BCUT2D eigenvalue weighted by Crippen LogP contribution is -2.43. The summed E-state index contributed by atoms with van der Waals surface area (Å²) in [6.45, 7) is 1.75. The second-order valence-electron chi connectivity index (χ2n) is 4.90. The van der Waals surface area contributed by atoms with Crippen LogP contribution in [0.3, 0.4) is 0 Å². The van der Waals surface area contributed by atoms with Crippen LogP contribution in [0.2, 0.25) is 0 Å². The Morgan fingerprint density at radius 2 is 2.05 bits per heavy atom. The molecule has 3 nitrogen and oxygen atoms in total. The summed E-state index contributed by atoms with van der Waals surface area (Å²) in [6.07, 6.45) is -3.57. The summed E-state index contributed by atoms with van der Waals surface area (Å²) in [4.78, 5) is 24.0. The number of carbonyl (C=O) groups excluding carboxylic acids is 2. The third-order valence-corrected chi connectivity index (χ3v) is 3.52. The van der Waals surface area contributed by atoms with Gasteiger partial charge in [0.1, 0.15) is 11.2 Å². The maximum Gasteiger partial charge on any atom is 0.389 e. The predicted octanol–water partition coefficient (Wildman–Crippen LogP) is 3.41. The summed E-state index contributed by atoms with van der Waals surface area (Å²) in [7, 11) is 0. The lowest BCUT2D eigenvalue weighted by atomic mass is 9.70. The average molecular weight is 280 g/mol. The minimum absolute atomic E-state index is 0.0653. The van der Waals surface area contributed by atoms with E-state index < -0.39 is 24.0 Å². The van der Waals surface area contributed by atoms with Crippen molar-refractivity contribution >= 4 is 11.8 Å². The number of Topliss-reactive ketones (excluding diaryl/α,β-unsaturated/α-hetero) is 1. The minimum atomic E-state index is -4.26. The fraction of sp³-hybridized carbons (Fsp3) is 0.846. The smallest absolute Gasteiger partial charge is 0.389 e. The number of esters is 1. The number of hydrogen-bond donors (Lipinski definition) is 0. The van der Waals surface area contributed by atoms with Gasteiger partial charge in [0.15, 0.2) is 0 Å². The summed E-state index contributed by atoms with van der Waals surface area (Å²) in [5.74, 6) is -0.916. The van der Waals surface area contributed by atoms with E-state index in [1.807, 2.05) is 0 Å². The zero-order valence-corrected chi connectivity index (χ0v) is 11.0. The lowest BCUT2D eigenvalue weighted by molar-refractivity contribution is -0.165. The fourth-order valence-electron chi connectivity index (χ4n) is 2.53. The van der Waals surface area contributed by atoms with Crippen molar-refractivity contribution in [3.8, 4) is 0 Å². The van der Waals surface area contributed by atoms with Crippen LogP contribution in [-0.4, -0.2) is 24.5 Å². The molecular formula is C13H19F3O3. The van der Waals surface area contributed by atoms with Gasteiger partial charge in [-0.25, -0.2) is 0 Å². The molecule has 0 radical (unpaired) electrons. The van der Waals surface area contributed by atoms with E-state index in [2.05, 4.69) is 0 Å². The molecule has 1 aliphatic carbocycles. The molecule has 1 rings (SSSR count). The first-order valence-corrected chi connectivity index (χ1v) is 6.59. The number of ether oxygens (including phenoxy) is 1. The molecule has 1 unspecified atom stereocenters. The normalized spacial score (nSPS) is 24.3. The summed E-state index contributed by atoms with van der Waals surface area (Å²) >= 11 is 0. The van der Waals surface area contributed by atoms with E-state index in [1.165, 1.54) is 0 Å². The highest BCUT2D eigenvalue weighted by Gasteiger charge is 2.47. The van der Waals surface area contributed by atoms with Crippen molar-refractivity contribution in [1.29, 1.82) is 0 Å². The van der Waals surface area contributed by atoms with Gasteiger partial charge in [0.25, 0.3) is 0 Å². The van der Waals surface area contributed by atoms with Crippen LogP contribution >= 0.6 is 0 Å². The van der Waals surface area contributed by atoms with E-state index in [4.69, 9.17) is 4.74 Å². The number of alkyl halides is 3. The molecular weight excluding hydrogens is 261 g/mol. The number of ketones is 1. The standard InChI is InChI=1S/C13H19F3O3/c1-2-19-11(18)12(7-4-3-6-10(12)17)8-5-9-13(14,15)16/h2-9H2,1H3. The second kappa shape index (κ2) is 6.39. The van der Waals surface area contributed by atoms with Crippen molar-refractivity contribution in [3.63, 3.8) is 0 Å². The van der Waals surface area contributed by atoms with Gasteiger partial charge in [-0.15, -0.1) is 0 Å². The van der Waals surface area contributed by atoms with Crippen LogP contribution in [0.15, 0.2) is 0 Å². The Morgan fingerprint density at radius 1 is 1.37 bits per heavy atom. The van der Waals surface area contributed by atoms with Crippen LogP contribution in [0.4, 0.5) is 13.2 Å². The molecule has 110 valence electrons. The molecule has 0 saturated heterocycles. The van der Waals surface area contributed by atoms with E-state index in [1.54, 1.807) is 6.92 Å². The van der Waals surface area contributed by atoms with Gasteiger partial charge in [-0.2, -0.15) is 13.2 Å². The third kappa shape index (κ3) is 4.21. The Kier molecular flexibility index (Phi) is 5.38. The van der Waals surface area contributed by atoms with Gasteiger partial charge >= 0.3 is 12.1 Å². The first kappa shape index (κ1) is 16.0. The van der Waals surface area contributed by atoms with Crippen molar-refractivity contribution in [3.05, 3.63) is 0 Å². The Balaban J connectivity index is 2.74. The van der Waals surface area contributed by atoms with E-state index in [9.17, 15) is 22.8 Å². The van der Waals surface area contributed by atoms with E-state index in [0.717, 1.165) is 0 Å². The van der Waals surface area contributed by atoms with Crippen molar-refractivity contribution in [2.24, 2.45) is 5.41 Å². The third-order valence-electron chi connectivity index (χ3n) is 3.52. The predicted molar refractivity (Wildman–Crippen MR) is 62.4 cm³/mol. The van der Waals surface area contributed by atoms with Gasteiger partial charge in [0.05, 0.1) is 6.61 Å². The van der Waals surface area contributed by atoms with Crippen LogP contribution in [0.1, 0.15) is 51.9 Å². The highest BCUT2D eigenvalue weighted by Crippen LogP contribution is 2.40. The SMILES string of the molecule is CCOC(=O)C1(CCCC(F)(F)F)CCCCC1=O. The molecule has 6 heteroatoms. The summed E-state index contributed by atoms with van der Waals surface area (Å²) in [5, 5.41) is 0. The first-order valence-electron chi connectivity index (χ1n) is 6.59. The Labute approximate surface area is 110 Å². The molecule has 1 fully saturated rings. The molecule has 0 aromatic heterocycles. The Bertz CT molecular complexity index is 339. The molecule has 1 atom stereocenters. The van der Waals surface area contributed by atoms with E-state index in [-0.39, 0.29) is 31.7 Å². The molecule has 1 saturated carbocycles. The van der Waals surface area contributed by atoms with Crippen LogP contribution in [0.25, 0.3) is 0 Å². The molecule has 0 spiro atoms. The zero-order chi connectivity index (χ0) is 14.5. The maximum atomic E-state index is 12.2. The molecule has 0 N–H and O–H groups in total. The van der Waals surface area contributed by atoms with Gasteiger partial charge in [0, 0.05) is 12.8 Å². The van der Waals surface area contributed by atoms with E-state index in [0.29, 0.717) is 19.3 Å². The summed E-state index contributed by atoms with van der Waals surface area (Å²) < 4.78 is 41.4. The molecule has 0 heterocycles. The monoisotopic (exact) mass is 280 g/mol. The van der Waals surface area contributed by atoms with Gasteiger partial charge in [0.2, 0.25) is 0 Å². The molecule has 1 aliphatic rings. The molecule has 0 aromatic carbocycles. The fourth-order valence-corrected chi connectivity index (χ4v) is 2.53. The zero-order valence-electron chi connectivity index (χ0n) is 11.0. The number of carbonyl (C=O) groups is 2. The molecule has 0 bridgehead atoms. The average Bonchev–Trinajstić information content (AvgIpc) is 2.30. The largest absolute Gasteiger partial charge is 0.465 e. The topological polar surface area (TPSA) is 43.4 Å². The van der Waals surface area contributed by atoms with Crippen LogP contribution in [0.5, 0.6) is 0 Å². The van der Waals surface area contributed by atoms with Gasteiger partial charge in [-0.1, -0.05) is 6.42 Å². The van der Waals surface area contributed by atoms with Crippen molar-refractivity contribution in [2.75, 3.05) is 6.61 Å². The molecule has 0 amide bonds. The van der Waals surface area contributed by atoms with Gasteiger partial charge < -0.3 is 4.74 Å². The van der Waals surface area contributed by atoms with E-state index >= 15 is 0 Å². The minimum Gasteiger partial charge on any atom is -0.465 e. The van der Waals surface area contributed by atoms with Gasteiger partial charge in [-0.3, -0.25) is 9.59 Å². The van der Waals surface area contributed by atoms with Crippen molar-refractivity contribution < 1.29 is 27.5 Å². The highest BCUT2D eigenvalue weighted by molar-refractivity contribution is 6.04. The first-order chi connectivity index (χ1) is 8.82. The van der Waals surface area contributed by atoms with Crippen molar-refractivity contribution in [2.45, 2.75) is 58.0 Å². The molecule has 0 aliphatic heterocycles. The summed E-state index contributed by atoms with van der Waals surface area (Å²) in [5.41, 5.74) is -1.33.